The average Bonchev–Trinajstić information content (AvgIpc) is 2.40. The molecular formula is C15H24BrN3. The Kier molecular flexibility index (Phi) is 5.22. The molecule has 2 heterocycles. The summed E-state index contributed by atoms with van der Waals surface area (Å²) < 4.78 is 1.09. The summed E-state index contributed by atoms with van der Waals surface area (Å²) in [5.74, 6) is 1.86. The third-order valence-electron chi connectivity index (χ3n) is 3.66. The first-order chi connectivity index (χ1) is 9.06. The quantitative estimate of drug-likeness (QED) is 0.919. The van der Waals surface area contributed by atoms with Gasteiger partial charge in [0, 0.05) is 23.6 Å². The number of nitrogens with one attached hydrogen (secondary N) is 1. The van der Waals surface area contributed by atoms with Gasteiger partial charge in [0.25, 0.3) is 0 Å². The van der Waals surface area contributed by atoms with Crippen LogP contribution in [-0.2, 0) is 0 Å². The molecule has 0 amide bonds. The number of aromatic nitrogens is 1. The van der Waals surface area contributed by atoms with Crippen LogP contribution >= 0.6 is 15.9 Å². The lowest BCUT2D eigenvalue weighted by Gasteiger charge is -2.34. The fourth-order valence-corrected chi connectivity index (χ4v) is 2.77. The van der Waals surface area contributed by atoms with E-state index >= 15 is 0 Å². The van der Waals surface area contributed by atoms with E-state index in [-0.39, 0.29) is 0 Å². The Morgan fingerprint density at radius 1 is 1.47 bits per heavy atom. The SMILES string of the molecule is Cc1nc(N2CCCC(CNC(C)C)C2)ccc1Br. The number of pyridine rings is 1. The Hall–Kier alpha value is -0.610. The number of nitrogens with zero attached hydrogens (tertiary/aromatic N) is 2. The number of hydrogen-bond acceptors (Lipinski definition) is 3. The van der Waals surface area contributed by atoms with Gasteiger partial charge in [-0.1, -0.05) is 13.8 Å². The highest BCUT2D eigenvalue weighted by atomic mass is 79.9. The summed E-state index contributed by atoms with van der Waals surface area (Å²) in [5, 5.41) is 3.55. The van der Waals surface area contributed by atoms with Crippen molar-refractivity contribution < 1.29 is 0 Å². The molecule has 2 rings (SSSR count). The first-order valence-corrected chi connectivity index (χ1v) is 7.97. The van der Waals surface area contributed by atoms with Crippen molar-refractivity contribution in [3.05, 3.63) is 22.3 Å². The van der Waals surface area contributed by atoms with Crippen LogP contribution in [0.25, 0.3) is 0 Å². The van der Waals surface area contributed by atoms with Crippen molar-refractivity contribution in [2.45, 2.75) is 39.7 Å². The highest BCUT2D eigenvalue weighted by Crippen LogP contribution is 2.24. The second-order valence-corrected chi connectivity index (χ2v) is 6.61. The van der Waals surface area contributed by atoms with Crippen LogP contribution in [0.5, 0.6) is 0 Å². The van der Waals surface area contributed by atoms with Crippen LogP contribution < -0.4 is 10.2 Å². The zero-order valence-corrected chi connectivity index (χ0v) is 13.7. The van der Waals surface area contributed by atoms with Gasteiger partial charge in [0.2, 0.25) is 0 Å². The molecule has 0 radical (unpaired) electrons. The van der Waals surface area contributed by atoms with E-state index in [1.165, 1.54) is 12.8 Å². The lowest BCUT2D eigenvalue weighted by atomic mass is 9.97. The minimum atomic E-state index is 0.573. The smallest absolute Gasteiger partial charge is 0.128 e. The van der Waals surface area contributed by atoms with E-state index in [9.17, 15) is 0 Å². The molecule has 1 unspecified atom stereocenters. The Morgan fingerprint density at radius 3 is 2.95 bits per heavy atom. The van der Waals surface area contributed by atoms with Gasteiger partial charge in [-0.25, -0.2) is 4.98 Å². The van der Waals surface area contributed by atoms with Crippen molar-refractivity contribution in [1.82, 2.24) is 10.3 Å². The molecule has 4 heteroatoms. The standard InChI is InChI=1S/C15H24BrN3/c1-11(2)17-9-13-5-4-8-19(10-13)15-7-6-14(16)12(3)18-15/h6-7,11,13,17H,4-5,8-10H2,1-3H3. The van der Waals surface area contributed by atoms with E-state index in [1.54, 1.807) is 0 Å². The minimum absolute atomic E-state index is 0.573. The Morgan fingerprint density at radius 2 is 2.26 bits per heavy atom. The number of hydrogen-bond donors (Lipinski definition) is 1. The Bertz CT molecular complexity index is 420. The van der Waals surface area contributed by atoms with Crippen molar-refractivity contribution in [2.24, 2.45) is 5.92 Å². The van der Waals surface area contributed by atoms with Gasteiger partial charge in [-0.2, -0.15) is 0 Å². The predicted molar refractivity (Wildman–Crippen MR) is 84.7 cm³/mol. The molecule has 3 nitrogen and oxygen atoms in total. The molecular weight excluding hydrogens is 302 g/mol. The van der Waals surface area contributed by atoms with Crippen molar-refractivity contribution in [3.63, 3.8) is 0 Å². The van der Waals surface area contributed by atoms with Gasteiger partial charge in [-0.3, -0.25) is 0 Å². The van der Waals surface area contributed by atoms with Gasteiger partial charge in [0.15, 0.2) is 0 Å². The van der Waals surface area contributed by atoms with E-state index < -0.39 is 0 Å². The Balaban J connectivity index is 1.98. The van der Waals surface area contributed by atoms with Crippen LogP contribution in [0.2, 0.25) is 0 Å². The molecule has 0 saturated carbocycles. The molecule has 19 heavy (non-hydrogen) atoms. The lowest BCUT2D eigenvalue weighted by Crippen LogP contribution is -2.41. The fraction of sp³-hybridized carbons (Fsp3) is 0.667. The topological polar surface area (TPSA) is 28.2 Å². The molecule has 0 aliphatic carbocycles. The van der Waals surface area contributed by atoms with Crippen LogP contribution in [0, 0.1) is 12.8 Å². The molecule has 106 valence electrons. The first-order valence-electron chi connectivity index (χ1n) is 7.17. The average molecular weight is 326 g/mol. The predicted octanol–water partition coefficient (Wildman–Crippen LogP) is 3.37. The number of halogens is 1. The maximum absolute atomic E-state index is 4.68. The van der Waals surface area contributed by atoms with Crippen LogP contribution in [0.15, 0.2) is 16.6 Å². The molecule has 1 atom stereocenters. The normalized spacial score (nSPS) is 20.1. The van der Waals surface area contributed by atoms with Crippen LogP contribution in [-0.4, -0.2) is 30.7 Å². The molecule has 1 N–H and O–H groups in total. The second-order valence-electron chi connectivity index (χ2n) is 5.75. The summed E-state index contributed by atoms with van der Waals surface area (Å²) in [4.78, 5) is 7.11. The highest BCUT2D eigenvalue weighted by Gasteiger charge is 2.21. The van der Waals surface area contributed by atoms with Crippen molar-refractivity contribution in [2.75, 3.05) is 24.5 Å². The zero-order chi connectivity index (χ0) is 13.8. The molecule has 1 aliphatic rings. The number of rotatable bonds is 4. The van der Waals surface area contributed by atoms with Gasteiger partial charge in [-0.15, -0.1) is 0 Å². The van der Waals surface area contributed by atoms with Gasteiger partial charge in [-0.05, 0) is 60.3 Å². The van der Waals surface area contributed by atoms with E-state index in [4.69, 9.17) is 0 Å². The summed E-state index contributed by atoms with van der Waals surface area (Å²) in [6, 6.07) is 4.80. The van der Waals surface area contributed by atoms with Gasteiger partial charge >= 0.3 is 0 Å². The van der Waals surface area contributed by atoms with Gasteiger partial charge in [0.05, 0.1) is 5.69 Å². The van der Waals surface area contributed by atoms with Crippen molar-refractivity contribution in [3.8, 4) is 0 Å². The zero-order valence-electron chi connectivity index (χ0n) is 12.1. The summed E-state index contributed by atoms with van der Waals surface area (Å²) in [5.41, 5.74) is 1.07. The maximum Gasteiger partial charge on any atom is 0.128 e. The monoisotopic (exact) mass is 325 g/mol. The summed E-state index contributed by atoms with van der Waals surface area (Å²) in [6.45, 7) is 9.83. The first kappa shape index (κ1) is 14.8. The highest BCUT2D eigenvalue weighted by molar-refractivity contribution is 9.10. The molecule has 1 aliphatic heterocycles. The maximum atomic E-state index is 4.68. The Labute approximate surface area is 124 Å². The van der Waals surface area contributed by atoms with Crippen LogP contribution in [0.3, 0.4) is 0 Å². The van der Waals surface area contributed by atoms with Crippen LogP contribution in [0.4, 0.5) is 5.82 Å². The van der Waals surface area contributed by atoms with Crippen molar-refractivity contribution >= 4 is 21.7 Å². The number of anilines is 1. The van der Waals surface area contributed by atoms with Gasteiger partial charge < -0.3 is 10.2 Å². The van der Waals surface area contributed by atoms with E-state index in [0.29, 0.717) is 6.04 Å². The number of piperidine rings is 1. The molecule has 0 spiro atoms. The largest absolute Gasteiger partial charge is 0.356 e. The molecule has 0 bridgehead atoms. The van der Waals surface area contributed by atoms with Gasteiger partial charge in [0.1, 0.15) is 5.82 Å². The molecule has 0 aromatic carbocycles. The lowest BCUT2D eigenvalue weighted by molar-refractivity contribution is 0.378. The van der Waals surface area contributed by atoms with E-state index in [2.05, 4.69) is 64.0 Å². The van der Waals surface area contributed by atoms with Crippen LogP contribution in [0.1, 0.15) is 32.4 Å². The third-order valence-corrected chi connectivity index (χ3v) is 4.50. The van der Waals surface area contributed by atoms with E-state index in [1.807, 2.05) is 0 Å². The summed E-state index contributed by atoms with van der Waals surface area (Å²) in [6.07, 6.45) is 2.59. The third kappa shape index (κ3) is 4.18. The summed E-state index contributed by atoms with van der Waals surface area (Å²) in [7, 11) is 0. The fourth-order valence-electron chi connectivity index (χ4n) is 2.55. The molecule has 1 saturated heterocycles. The number of aryl methyl sites for hydroxylation is 1. The van der Waals surface area contributed by atoms with E-state index in [0.717, 1.165) is 41.5 Å². The molecule has 1 aromatic rings. The summed E-state index contributed by atoms with van der Waals surface area (Å²) >= 11 is 3.52. The molecule has 1 fully saturated rings. The van der Waals surface area contributed by atoms with Crippen molar-refractivity contribution in [1.29, 1.82) is 0 Å². The minimum Gasteiger partial charge on any atom is -0.356 e. The molecule has 1 aromatic heterocycles. The second kappa shape index (κ2) is 6.71.